The van der Waals surface area contributed by atoms with Crippen LogP contribution in [0.2, 0.25) is 0 Å². The van der Waals surface area contributed by atoms with Crippen molar-refractivity contribution in [3.63, 3.8) is 0 Å². The summed E-state index contributed by atoms with van der Waals surface area (Å²) in [6, 6.07) is 6.96. The van der Waals surface area contributed by atoms with Crippen LogP contribution >= 0.6 is 0 Å². The van der Waals surface area contributed by atoms with Gasteiger partial charge in [0.05, 0.1) is 13.7 Å². The average Bonchev–Trinajstić information content (AvgIpc) is 2.48. The van der Waals surface area contributed by atoms with Crippen molar-refractivity contribution in [2.75, 3.05) is 41.0 Å². The van der Waals surface area contributed by atoms with Crippen molar-refractivity contribution in [2.45, 2.75) is 32.9 Å². The second-order valence-corrected chi connectivity index (χ2v) is 5.48. The van der Waals surface area contributed by atoms with E-state index in [-0.39, 0.29) is 6.04 Å². The Hall–Kier alpha value is -1.10. The van der Waals surface area contributed by atoms with Gasteiger partial charge in [0.25, 0.3) is 0 Å². The minimum atomic E-state index is 0.235. The lowest BCUT2D eigenvalue weighted by atomic mass is 10.0. The molecule has 1 N–H and O–H groups in total. The zero-order valence-electron chi connectivity index (χ0n) is 14.3. The van der Waals surface area contributed by atoms with Gasteiger partial charge in [-0.2, -0.15) is 0 Å². The second-order valence-electron chi connectivity index (χ2n) is 5.48. The fourth-order valence-corrected chi connectivity index (χ4v) is 2.67. The van der Waals surface area contributed by atoms with Crippen molar-refractivity contribution < 1.29 is 9.47 Å². The third-order valence-corrected chi connectivity index (χ3v) is 3.96. The van der Waals surface area contributed by atoms with Gasteiger partial charge in [0.2, 0.25) is 0 Å². The van der Waals surface area contributed by atoms with Crippen LogP contribution in [0.1, 0.15) is 31.0 Å². The molecule has 4 heteroatoms. The highest BCUT2D eigenvalue weighted by Crippen LogP contribution is 2.27. The van der Waals surface area contributed by atoms with Crippen LogP contribution in [-0.2, 0) is 4.74 Å². The highest BCUT2D eigenvalue weighted by molar-refractivity contribution is 5.39. The first-order valence-corrected chi connectivity index (χ1v) is 7.62. The van der Waals surface area contributed by atoms with E-state index in [0.717, 1.165) is 25.4 Å². The van der Waals surface area contributed by atoms with Gasteiger partial charge < -0.3 is 14.8 Å². The van der Waals surface area contributed by atoms with Crippen molar-refractivity contribution >= 4 is 0 Å². The highest BCUT2D eigenvalue weighted by Gasteiger charge is 2.20. The Labute approximate surface area is 129 Å². The van der Waals surface area contributed by atoms with Gasteiger partial charge in [-0.1, -0.05) is 24.6 Å². The van der Waals surface area contributed by atoms with Crippen molar-refractivity contribution in [1.82, 2.24) is 10.2 Å². The van der Waals surface area contributed by atoms with Gasteiger partial charge in [0.15, 0.2) is 0 Å². The van der Waals surface area contributed by atoms with Gasteiger partial charge in [0, 0.05) is 31.3 Å². The number of hydrogen-bond donors (Lipinski definition) is 1. The third kappa shape index (κ3) is 4.99. The largest absolute Gasteiger partial charge is 0.496 e. The molecule has 0 spiro atoms. The second kappa shape index (κ2) is 9.03. The molecule has 1 rings (SSSR count). The number of ether oxygens (including phenoxy) is 2. The van der Waals surface area contributed by atoms with E-state index in [1.807, 2.05) is 13.1 Å². The van der Waals surface area contributed by atoms with Gasteiger partial charge in [0.1, 0.15) is 5.75 Å². The van der Waals surface area contributed by atoms with E-state index in [2.05, 4.69) is 43.1 Å². The van der Waals surface area contributed by atoms with E-state index >= 15 is 0 Å². The van der Waals surface area contributed by atoms with Crippen LogP contribution in [0.5, 0.6) is 5.75 Å². The van der Waals surface area contributed by atoms with Crippen LogP contribution in [0, 0.1) is 6.92 Å². The molecule has 4 nitrogen and oxygen atoms in total. The molecule has 0 aliphatic heterocycles. The van der Waals surface area contributed by atoms with Crippen molar-refractivity contribution in [2.24, 2.45) is 0 Å². The summed E-state index contributed by atoms with van der Waals surface area (Å²) in [7, 11) is 5.48. The number of nitrogens with zero attached hydrogens (tertiary/aromatic N) is 1. The lowest BCUT2D eigenvalue weighted by Gasteiger charge is -2.32. The van der Waals surface area contributed by atoms with Crippen molar-refractivity contribution in [1.29, 1.82) is 0 Å². The maximum absolute atomic E-state index is 5.52. The van der Waals surface area contributed by atoms with Crippen LogP contribution in [0.15, 0.2) is 18.2 Å². The van der Waals surface area contributed by atoms with Crippen LogP contribution in [-0.4, -0.2) is 51.9 Å². The highest BCUT2D eigenvalue weighted by atomic mass is 16.5. The summed E-state index contributed by atoms with van der Waals surface area (Å²) in [4.78, 5) is 2.42. The minimum absolute atomic E-state index is 0.235. The normalized spacial score (nSPS) is 14.2. The smallest absolute Gasteiger partial charge is 0.123 e. The Morgan fingerprint density at radius 2 is 2.00 bits per heavy atom. The van der Waals surface area contributed by atoms with Crippen LogP contribution in [0.3, 0.4) is 0 Å². The zero-order chi connectivity index (χ0) is 15.8. The Kier molecular flexibility index (Phi) is 7.72. The molecule has 0 fully saturated rings. The van der Waals surface area contributed by atoms with E-state index in [1.165, 1.54) is 11.1 Å². The molecular weight excluding hydrogens is 264 g/mol. The lowest BCUT2D eigenvalue weighted by molar-refractivity contribution is 0.0960. The summed E-state index contributed by atoms with van der Waals surface area (Å²) in [6.07, 6.45) is 0. The first-order chi connectivity index (χ1) is 10.1. The predicted octanol–water partition coefficient (Wildman–Crippen LogP) is 2.62. The molecule has 0 bridgehead atoms. The van der Waals surface area contributed by atoms with Crippen LogP contribution in [0.25, 0.3) is 0 Å². The lowest BCUT2D eigenvalue weighted by Crippen LogP contribution is -2.41. The molecule has 0 aliphatic carbocycles. The van der Waals surface area contributed by atoms with E-state index < -0.39 is 0 Å². The number of benzene rings is 1. The minimum Gasteiger partial charge on any atom is -0.496 e. The Balaban J connectivity index is 2.94. The van der Waals surface area contributed by atoms with Crippen LogP contribution in [0.4, 0.5) is 0 Å². The number of hydrogen-bond acceptors (Lipinski definition) is 4. The third-order valence-electron chi connectivity index (χ3n) is 3.96. The zero-order valence-corrected chi connectivity index (χ0v) is 14.3. The molecule has 2 atom stereocenters. The summed E-state index contributed by atoms with van der Waals surface area (Å²) >= 11 is 0. The quantitative estimate of drug-likeness (QED) is 0.759. The van der Waals surface area contributed by atoms with E-state index in [0.29, 0.717) is 6.04 Å². The van der Waals surface area contributed by atoms with Crippen molar-refractivity contribution in [3.05, 3.63) is 29.3 Å². The Morgan fingerprint density at radius 1 is 1.29 bits per heavy atom. The average molecular weight is 294 g/mol. The van der Waals surface area contributed by atoms with Gasteiger partial charge in [-0.15, -0.1) is 0 Å². The molecule has 1 aromatic carbocycles. The monoisotopic (exact) mass is 294 g/mol. The van der Waals surface area contributed by atoms with Crippen LogP contribution < -0.4 is 10.1 Å². The Bertz CT molecular complexity index is 423. The van der Waals surface area contributed by atoms with Gasteiger partial charge in [-0.25, -0.2) is 0 Å². The molecule has 0 heterocycles. The number of likely N-dealkylation sites (N-methyl/N-ethyl adjacent to an activating group) is 2. The summed E-state index contributed by atoms with van der Waals surface area (Å²) in [5.41, 5.74) is 2.46. The molecule has 0 saturated heterocycles. The number of nitrogens with one attached hydrogen (secondary N) is 1. The van der Waals surface area contributed by atoms with Crippen molar-refractivity contribution in [3.8, 4) is 5.75 Å². The fourth-order valence-electron chi connectivity index (χ4n) is 2.67. The van der Waals surface area contributed by atoms with Gasteiger partial charge in [-0.05, 0) is 33.5 Å². The molecule has 0 aromatic heterocycles. The summed E-state index contributed by atoms with van der Waals surface area (Å²) < 4.78 is 10.8. The molecular formula is C17H30N2O2. The maximum Gasteiger partial charge on any atom is 0.123 e. The SMILES string of the molecule is CCN(CC(NC)c1cc(C)ccc1OC)C(C)COC. The maximum atomic E-state index is 5.52. The Morgan fingerprint density at radius 3 is 2.52 bits per heavy atom. The predicted molar refractivity (Wildman–Crippen MR) is 88.1 cm³/mol. The first kappa shape index (κ1) is 18.0. The molecule has 1 aromatic rings. The van der Waals surface area contributed by atoms with E-state index in [1.54, 1.807) is 14.2 Å². The molecule has 21 heavy (non-hydrogen) atoms. The first-order valence-electron chi connectivity index (χ1n) is 7.62. The topological polar surface area (TPSA) is 33.7 Å². The standard InChI is InChI=1S/C17H30N2O2/c1-7-19(14(3)12-20-5)11-16(18-4)15-10-13(2)8-9-17(15)21-6/h8-10,14,16,18H,7,11-12H2,1-6H3. The van der Waals surface area contributed by atoms with Gasteiger partial charge in [-0.3, -0.25) is 4.90 Å². The molecule has 0 saturated carbocycles. The summed E-state index contributed by atoms with van der Waals surface area (Å²) in [5, 5.41) is 3.42. The number of aryl methyl sites for hydroxylation is 1. The molecule has 0 amide bonds. The van der Waals surface area contributed by atoms with E-state index in [4.69, 9.17) is 9.47 Å². The molecule has 0 aliphatic rings. The molecule has 120 valence electrons. The summed E-state index contributed by atoms with van der Waals surface area (Å²) in [6.45, 7) is 9.17. The summed E-state index contributed by atoms with van der Waals surface area (Å²) in [5.74, 6) is 0.940. The number of rotatable bonds is 9. The van der Waals surface area contributed by atoms with Gasteiger partial charge >= 0.3 is 0 Å². The molecule has 2 unspecified atom stereocenters. The van der Waals surface area contributed by atoms with E-state index in [9.17, 15) is 0 Å². The molecule has 0 radical (unpaired) electrons. The number of methoxy groups -OCH3 is 2. The fraction of sp³-hybridized carbons (Fsp3) is 0.647.